The second-order valence-electron chi connectivity index (χ2n) is 4.78. The molecule has 0 amide bonds. The van der Waals surface area contributed by atoms with E-state index >= 15 is 0 Å². The van der Waals surface area contributed by atoms with Gasteiger partial charge in [-0.1, -0.05) is 0 Å². The van der Waals surface area contributed by atoms with Crippen LogP contribution in [0, 0.1) is 24.0 Å². The van der Waals surface area contributed by atoms with Crippen LogP contribution in [0.2, 0.25) is 0 Å². The number of nitrogens with one attached hydrogen (secondary N) is 1. The monoisotopic (exact) mass is 284 g/mol. The van der Waals surface area contributed by atoms with Crippen molar-refractivity contribution in [1.29, 1.82) is 0 Å². The molecule has 0 saturated carbocycles. The fourth-order valence-corrected chi connectivity index (χ4v) is 2.18. The Labute approximate surface area is 119 Å². The predicted octanol–water partition coefficient (Wildman–Crippen LogP) is 2.21. The number of aromatic nitrogens is 3. The van der Waals surface area contributed by atoms with Crippen molar-refractivity contribution in [2.24, 2.45) is 0 Å². The summed E-state index contributed by atoms with van der Waals surface area (Å²) < 4.78 is 1.37. The molecule has 0 fully saturated rings. The maximum atomic E-state index is 12.1. The van der Waals surface area contributed by atoms with E-state index in [1.165, 1.54) is 16.6 Å². The highest BCUT2D eigenvalue weighted by atomic mass is 16.6. The fourth-order valence-electron chi connectivity index (χ4n) is 2.18. The Morgan fingerprint density at radius 3 is 2.52 bits per heavy atom. The molecule has 0 atom stereocenters. The number of hydrogen-bond donors (Lipinski definition) is 1. The molecule has 0 aliphatic rings. The highest BCUT2D eigenvalue weighted by Crippen LogP contribution is 2.25. The normalized spacial score (nSPS) is 11.0. The molecule has 7 heteroatoms. The standard InChI is InChI=1S/C14H12N4O3/c1-8-9(2)16-13-12(7-15-17(13)14(8)19)10-3-5-11(6-4-10)18(20)21/h3-7,15H,1-2H3. The van der Waals surface area contributed by atoms with E-state index in [0.29, 0.717) is 16.9 Å². The number of hydrogen-bond acceptors (Lipinski definition) is 4. The number of non-ortho nitro benzene ring substituents is 1. The maximum Gasteiger partial charge on any atom is 0.275 e. The summed E-state index contributed by atoms with van der Waals surface area (Å²) in [7, 11) is 0. The zero-order valence-electron chi connectivity index (χ0n) is 11.5. The number of aromatic amines is 1. The van der Waals surface area contributed by atoms with Gasteiger partial charge in [-0.3, -0.25) is 20.0 Å². The first kappa shape index (κ1) is 13.0. The van der Waals surface area contributed by atoms with Crippen LogP contribution in [0.5, 0.6) is 0 Å². The molecule has 0 unspecified atom stereocenters. The highest BCUT2D eigenvalue weighted by Gasteiger charge is 2.13. The van der Waals surface area contributed by atoms with Crippen LogP contribution < -0.4 is 5.56 Å². The molecule has 7 nitrogen and oxygen atoms in total. The Bertz CT molecular complexity index is 906. The summed E-state index contributed by atoms with van der Waals surface area (Å²) in [5.74, 6) is 0. The van der Waals surface area contributed by atoms with Crippen molar-refractivity contribution in [3.8, 4) is 11.1 Å². The van der Waals surface area contributed by atoms with Crippen LogP contribution in [-0.2, 0) is 0 Å². The van der Waals surface area contributed by atoms with Crippen molar-refractivity contribution in [2.45, 2.75) is 13.8 Å². The molecule has 0 aliphatic carbocycles. The van der Waals surface area contributed by atoms with E-state index in [1.807, 2.05) is 0 Å². The van der Waals surface area contributed by atoms with Gasteiger partial charge in [-0.15, -0.1) is 0 Å². The first-order valence-corrected chi connectivity index (χ1v) is 6.31. The number of fused-ring (bicyclic) bond motifs is 1. The lowest BCUT2D eigenvalue weighted by Crippen LogP contribution is -2.19. The summed E-state index contributed by atoms with van der Waals surface area (Å²) in [6.07, 6.45) is 1.67. The van der Waals surface area contributed by atoms with E-state index in [9.17, 15) is 14.9 Å². The highest BCUT2D eigenvalue weighted by molar-refractivity contribution is 5.77. The van der Waals surface area contributed by atoms with Gasteiger partial charge in [0.25, 0.3) is 11.2 Å². The van der Waals surface area contributed by atoms with E-state index in [2.05, 4.69) is 10.1 Å². The first-order chi connectivity index (χ1) is 9.99. The minimum absolute atomic E-state index is 0.0238. The Hall–Kier alpha value is -2.96. The topological polar surface area (TPSA) is 93.3 Å². The van der Waals surface area contributed by atoms with E-state index in [-0.39, 0.29) is 11.2 Å². The summed E-state index contributed by atoms with van der Waals surface area (Å²) in [5, 5.41) is 13.5. The van der Waals surface area contributed by atoms with Crippen LogP contribution in [0.1, 0.15) is 11.3 Å². The molecule has 106 valence electrons. The van der Waals surface area contributed by atoms with Gasteiger partial charge in [-0.25, -0.2) is 9.50 Å². The molecule has 0 radical (unpaired) electrons. The minimum atomic E-state index is -0.449. The van der Waals surface area contributed by atoms with Gasteiger partial charge in [-0.2, -0.15) is 0 Å². The Morgan fingerprint density at radius 2 is 1.90 bits per heavy atom. The summed E-state index contributed by atoms with van der Waals surface area (Å²) >= 11 is 0. The third-order valence-electron chi connectivity index (χ3n) is 3.52. The van der Waals surface area contributed by atoms with Crippen molar-refractivity contribution < 1.29 is 4.92 Å². The summed E-state index contributed by atoms with van der Waals surface area (Å²) in [6, 6.07) is 6.14. The average molecular weight is 284 g/mol. The van der Waals surface area contributed by atoms with Crippen LogP contribution in [0.4, 0.5) is 5.69 Å². The van der Waals surface area contributed by atoms with Crippen LogP contribution in [0.25, 0.3) is 16.8 Å². The molecule has 3 aromatic rings. The van der Waals surface area contributed by atoms with E-state index in [1.54, 1.807) is 32.2 Å². The summed E-state index contributed by atoms with van der Waals surface area (Å²) in [5.41, 5.74) is 3.13. The lowest BCUT2D eigenvalue weighted by Gasteiger charge is -2.02. The van der Waals surface area contributed by atoms with Gasteiger partial charge in [0.1, 0.15) is 0 Å². The molecular formula is C14H12N4O3. The third-order valence-corrected chi connectivity index (χ3v) is 3.52. The van der Waals surface area contributed by atoms with Gasteiger partial charge >= 0.3 is 0 Å². The average Bonchev–Trinajstić information content (AvgIpc) is 2.88. The van der Waals surface area contributed by atoms with Gasteiger partial charge in [0.05, 0.1) is 4.92 Å². The molecule has 0 spiro atoms. The molecule has 0 saturated heterocycles. The molecule has 2 aromatic heterocycles. The van der Waals surface area contributed by atoms with Crippen LogP contribution in [0.3, 0.4) is 0 Å². The van der Waals surface area contributed by atoms with Crippen molar-refractivity contribution >= 4 is 11.3 Å². The lowest BCUT2D eigenvalue weighted by molar-refractivity contribution is -0.384. The van der Waals surface area contributed by atoms with Crippen molar-refractivity contribution in [3.05, 3.63) is 62.2 Å². The number of nitro benzene ring substituents is 1. The molecule has 1 aromatic carbocycles. The zero-order chi connectivity index (χ0) is 15.1. The zero-order valence-corrected chi connectivity index (χ0v) is 11.5. The second-order valence-corrected chi connectivity index (χ2v) is 4.78. The number of nitro groups is 1. The largest absolute Gasteiger partial charge is 0.296 e. The molecule has 0 aliphatic heterocycles. The van der Waals surface area contributed by atoms with Gasteiger partial charge < -0.3 is 0 Å². The molecule has 0 bridgehead atoms. The molecule has 21 heavy (non-hydrogen) atoms. The van der Waals surface area contributed by atoms with Crippen LogP contribution >= 0.6 is 0 Å². The van der Waals surface area contributed by atoms with Gasteiger partial charge in [0.15, 0.2) is 5.65 Å². The Morgan fingerprint density at radius 1 is 1.24 bits per heavy atom. The van der Waals surface area contributed by atoms with E-state index < -0.39 is 4.92 Å². The van der Waals surface area contributed by atoms with Gasteiger partial charge in [-0.05, 0) is 31.5 Å². The maximum absolute atomic E-state index is 12.1. The number of nitrogens with zero attached hydrogens (tertiary/aromatic N) is 3. The van der Waals surface area contributed by atoms with Crippen LogP contribution in [-0.4, -0.2) is 19.5 Å². The smallest absolute Gasteiger partial charge is 0.275 e. The van der Waals surface area contributed by atoms with Gasteiger partial charge in [0, 0.05) is 35.2 Å². The number of aryl methyl sites for hydroxylation is 1. The summed E-state index contributed by atoms with van der Waals surface area (Å²) in [4.78, 5) is 26.8. The van der Waals surface area contributed by atoms with E-state index in [0.717, 1.165) is 11.1 Å². The Kier molecular flexibility index (Phi) is 2.83. The molecular weight excluding hydrogens is 272 g/mol. The summed E-state index contributed by atoms with van der Waals surface area (Å²) in [6.45, 7) is 3.51. The van der Waals surface area contributed by atoms with Crippen molar-refractivity contribution in [2.75, 3.05) is 0 Å². The first-order valence-electron chi connectivity index (χ1n) is 6.31. The molecule has 1 N–H and O–H groups in total. The minimum Gasteiger partial charge on any atom is -0.296 e. The second kappa shape index (κ2) is 4.55. The Balaban J connectivity index is 2.21. The third kappa shape index (κ3) is 1.99. The SMILES string of the molecule is Cc1nc2c(-c3ccc([N+](=O)[O-])cc3)c[nH]n2c(=O)c1C. The molecule has 2 heterocycles. The van der Waals surface area contributed by atoms with Crippen molar-refractivity contribution in [3.63, 3.8) is 0 Å². The number of benzene rings is 1. The van der Waals surface area contributed by atoms with Gasteiger partial charge in [0.2, 0.25) is 0 Å². The predicted molar refractivity (Wildman–Crippen MR) is 77.4 cm³/mol. The van der Waals surface area contributed by atoms with E-state index in [4.69, 9.17) is 0 Å². The number of H-pyrrole nitrogens is 1. The number of rotatable bonds is 2. The molecule has 3 rings (SSSR count). The fraction of sp³-hybridized carbons (Fsp3) is 0.143. The lowest BCUT2D eigenvalue weighted by atomic mass is 10.1. The quantitative estimate of drug-likeness (QED) is 0.576. The van der Waals surface area contributed by atoms with Crippen molar-refractivity contribution in [1.82, 2.24) is 14.6 Å². The van der Waals surface area contributed by atoms with Crippen LogP contribution in [0.15, 0.2) is 35.3 Å².